The van der Waals surface area contributed by atoms with Gasteiger partial charge in [0.1, 0.15) is 0 Å². The highest BCUT2D eigenvalue weighted by atomic mass is 32.2. The summed E-state index contributed by atoms with van der Waals surface area (Å²) in [6.07, 6.45) is 1.29. The molecule has 1 fully saturated rings. The summed E-state index contributed by atoms with van der Waals surface area (Å²) in [7, 11) is -3.57. The van der Waals surface area contributed by atoms with Crippen LogP contribution in [0.15, 0.2) is 29.2 Å². The van der Waals surface area contributed by atoms with Gasteiger partial charge >= 0.3 is 0 Å². The van der Waals surface area contributed by atoms with Crippen molar-refractivity contribution in [3.8, 4) is 0 Å². The summed E-state index contributed by atoms with van der Waals surface area (Å²) < 4.78 is 26.6. The van der Waals surface area contributed by atoms with E-state index in [2.05, 4.69) is 0 Å². The molecule has 1 aromatic rings. The fourth-order valence-electron chi connectivity index (χ4n) is 2.49. The summed E-state index contributed by atoms with van der Waals surface area (Å²) in [5.74, 6) is 0. The number of nitrogens with two attached hydrogens (primary N) is 1. The molecule has 2 atom stereocenters. The first-order valence-corrected chi connectivity index (χ1v) is 8.24. The monoisotopic (exact) mass is 298 g/mol. The predicted octanol–water partition coefficient (Wildman–Crippen LogP) is 1.24. The van der Waals surface area contributed by atoms with E-state index >= 15 is 0 Å². The standard InChI is InChI=1S/C14H22N2O3S/c1-11(15)12-5-3-6-13(9-12)20(18,19)16-8-4-7-14(2,17)10-16/h3,5-6,9,11,17H,4,7-8,10,15H2,1-2H3. The number of piperidine rings is 1. The minimum Gasteiger partial charge on any atom is -0.389 e. The van der Waals surface area contributed by atoms with Gasteiger partial charge in [-0.3, -0.25) is 0 Å². The summed E-state index contributed by atoms with van der Waals surface area (Å²) in [6.45, 7) is 4.07. The number of hydrogen-bond donors (Lipinski definition) is 2. The fraction of sp³-hybridized carbons (Fsp3) is 0.571. The average molecular weight is 298 g/mol. The second-order valence-electron chi connectivity index (χ2n) is 5.80. The molecule has 0 amide bonds. The van der Waals surface area contributed by atoms with E-state index in [1.54, 1.807) is 25.1 Å². The molecule has 3 N–H and O–H groups in total. The molecule has 2 rings (SSSR count). The molecule has 1 aromatic carbocycles. The zero-order valence-electron chi connectivity index (χ0n) is 11.9. The van der Waals surface area contributed by atoms with Crippen LogP contribution in [0.2, 0.25) is 0 Å². The minimum atomic E-state index is -3.57. The highest BCUT2D eigenvalue weighted by Crippen LogP contribution is 2.27. The van der Waals surface area contributed by atoms with Gasteiger partial charge in [0.15, 0.2) is 0 Å². The van der Waals surface area contributed by atoms with Crippen molar-refractivity contribution in [2.75, 3.05) is 13.1 Å². The van der Waals surface area contributed by atoms with Crippen LogP contribution in [0.5, 0.6) is 0 Å². The molecule has 0 aliphatic carbocycles. The molecule has 0 spiro atoms. The van der Waals surface area contributed by atoms with Crippen molar-refractivity contribution >= 4 is 10.0 Å². The highest BCUT2D eigenvalue weighted by molar-refractivity contribution is 7.89. The third kappa shape index (κ3) is 3.20. The number of nitrogens with zero attached hydrogens (tertiary/aromatic N) is 1. The van der Waals surface area contributed by atoms with Gasteiger partial charge in [-0.2, -0.15) is 4.31 Å². The summed E-state index contributed by atoms with van der Waals surface area (Å²) >= 11 is 0. The summed E-state index contributed by atoms with van der Waals surface area (Å²) in [5.41, 5.74) is 5.63. The van der Waals surface area contributed by atoms with Gasteiger partial charge in [0.2, 0.25) is 10.0 Å². The maximum Gasteiger partial charge on any atom is 0.243 e. The van der Waals surface area contributed by atoms with Crippen molar-refractivity contribution in [3.05, 3.63) is 29.8 Å². The average Bonchev–Trinajstić information content (AvgIpc) is 2.37. The molecule has 0 saturated carbocycles. The van der Waals surface area contributed by atoms with Crippen molar-refractivity contribution in [1.82, 2.24) is 4.31 Å². The van der Waals surface area contributed by atoms with E-state index in [4.69, 9.17) is 5.73 Å². The second kappa shape index (κ2) is 5.44. The van der Waals surface area contributed by atoms with Gasteiger partial charge in [0.05, 0.1) is 10.5 Å². The number of benzene rings is 1. The van der Waals surface area contributed by atoms with Crippen molar-refractivity contribution < 1.29 is 13.5 Å². The molecule has 5 nitrogen and oxygen atoms in total. The zero-order valence-corrected chi connectivity index (χ0v) is 12.7. The van der Waals surface area contributed by atoms with Crippen molar-refractivity contribution in [3.63, 3.8) is 0 Å². The first-order valence-electron chi connectivity index (χ1n) is 6.80. The van der Waals surface area contributed by atoms with Gasteiger partial charge in [-0.1, -0.05) is 12.1 Å². The molecule has 6 heteroatoms. The Labute approximate surface area is 120 Å². The van der Waals surface area contributed by atoms with Crippen LogP contribution in [-0.2, 0) is 10.0 Å². The quantitative estimate of drug-likeness (QED) is 0.879. The van der Waals surface area contributed by atoms with Crippen LogP contribution in [-0.4, -0.2) is 36.5 Å². The Morgan fingerprint density at radius 2 is 2.15 bits per heavy atom. The summed E-state index contributed by atoms with van der Waals surface area (Å²) in [5, 5.41) is 10.1. The van der Waals surface area contributed by atoms with Crippen LogP contribution in [0.3, 0.4) is 0 Å². The maximum absolute atomic E-state index is 12.6. The van der Waals surface area contributed by atoms with Gasteiger partial charge in [0, 0.05) is 19.1 Å². The first-order chi connectivity index (χ1) is 9.22. The molecule has 1 saturated heterocycles. The van der Waals surface area contributed by atoms with Gasteiger partial charge in [-0.05, 0) is 44.4 Å². The molecule has 0 radical (unpaired) electrons. The van der Waals surface area contributed by atoms with E-state index in [9.17, 15) is 13.5 Å². The molecular weight excluding hydrogens is 276 g/mol. The molecule has 112 valence electrons. The molecule has 0 bridgehead atoms. The van der Waals surface area contributed by atoms with E-state index in [1.165, 1.54) is 4.31 Å². The number of rotatable bonds is 3. The normalized spacial score (nSPS) is 26.4. The van der Waals surface area contributed by atoms with Crippen LogP contribution in [0.4, 0.5) is 0 Å². The summed E-state index contributed by atoms with van der Waals surface area (Å²) in [4.78, 5) is 0.241. The third-order valence-corrected chi connectivity index (χ3v) is 5.50. The third-order valence-electron chi connectivity index (χ3n) is 3.66. The Kier molecular flexibility index (Phi) is 4.20. The Balaban J connectivity index is 2.33. The van der Waals surface area contributed by atoms with Gasteiger partial charge in [0.25, 0.3) is 0 Å². The van der Waals surface area contributed by atoms with Crippen molar-refractivity contribution in [1.29, 1.82) is 0 Å². The van der Waals surface area contributed by atoms with E-state index in [1.807, 2.05) is 13.0 Å². The lowest BCUT2D eigenvalue weighted by atomic mass is 9.97. The zero-order chi connectivity index (χ0) is 15.0. The largest absolute Gasteiger partial charge is 0.389 e. The molecule has 1 aliphatic rings. The number of aliphatic hydroxyl groups is 1. The van der Waals surface area contributed by atoms with E-state index < -0.39 is 15.6 Å². The molecular formula is C14H22N2O3S. The Morgan fingerprint density at radius 3 is 2.75 bits per heavy atom. The minimum absolute atomic E-state index is 0.137. The topological polar surface area (TPSA) is 83.6 Å². The predicted molar refractivity (Wildman–Crippen MR) is 77.7 cm³/mol. The fourth-order valence-corrected chi connectivity index (χ4v) is 4.14. The highest BCUT2D eigenvalue weighted by Gasteiger charge is 2.35. The smallest absolute Gasteiger partial charge is 0.243 e. The molecule has 0 aromatic heterocycles. The van der Waals surface area contributed by atoms with Crippen LogP contribution < -0.4 is 5.73 Å². The van der Waals surface area contributed by atoms with E-state index in [0.717, 1.165) is 5.56 Å². The van der Waals surface area contributed by atoms with Gasteiger partial charge in [-0.15, -0.1) is 0 Å². The number of sulfonamides is 1. The van der Waals surface area contributed by atoms with Crippen LogP contribution in [0.1, 0.15) is 38.3 Å². The Bertz CT molecular complexity index is 582. The van der Waals surface area contributed by atoms with Crippen molar-refractivity contribution in [2.45, 2.75) is 43.2 Å². The first kappa shape index (κ1) is 15.4. The second-order valence-corrected chi connectivity index (χ2v) is 7.74. The van der Waals surface area contributed by atoms with Gasteiger partial charge in [-0.25, -0.2) is 8.42 Å². The van der Waals surface area contributed by atoms with Crippen LogP contribution >= 0.6 is 0 Å². The lowest BCUT2D eigenvalue weighted by Gasteiger charge is -2.36. The number of hydrogen-bond acceptors (Lipinski definition) is 4. The van der Waals surface area contributed by atoms with Gasteiger partial charge < -0.3 is 10.8 Å². The SMILES string of the molecule is CC(N)c1cccc(S(=O)(=O)N2CCCC(C)(O)C2)c1. The van der Waals surface area contributed by atoms with Crippen molar-refractivity contribution in [2.24, 2.45) is 5.73 Å². The van der Waals surface area contributed by atoms with Crippen LogP contribution in [0, 0.1) is 0 Å². The molecule has 1 aliphatic heterocycles. The lowest BCUT2D eigenvalue weighted by molar-refractivity contribution is 0.00940. The summed E-state index contributed by atoms with van der Waals surface area (Å²) in [6, 6.07) is 6.49. The van der Waals surface area contributed by atoms with E-state index in [-0.39, 0.29) is 17.5 Å². The maximum atomic E-state index is 12.6. The Morgan fingerprint density at radius 1 is 1.45 bits per heavy atom. The number of β-amino-alcohol motifs (C(OH)–C–C–N with tert-alkyl or cyclic N) is 1. The van der Waals surface area contributed by atoms with Crippen LogP contribution in [0.25, 0.3) is 0 Å². The lowest BCUT2D eigenvalue weighted by Crippen LogP contribution is -2.48. The van der Waals surface area contributed by atoms with E-state index in [0.29, 0.717) is 19.4 Å². The Hall–Kier alpha value is -0.950. The molecule has 1 heterocycles. The molecule has 2 unspecified atom stereocenters. The molecule has 20 heavy (non-hydrogen) atoms.